The summed E-state index contributed by atoms with van der Waals surface area (Å²) in [6.45, 7) is 1.04. The van der Waals surface area contributed by atoms with E-state index in [4.69, 9.17) is 0 Å². The Morgan fingerprint density at radius 1 is 1.20 bits per heavy atom. The molecular formula is C5H11N2O2S. The molecule has 1 heterocycles. The molecule has 0 aromatic heterocycles. The molecule has 1 aliphatic rings. The Balaban J connectivity index is 2.84. The average molecular weight is 163 g/mol. The second-order valence-electron chi connectivity index (χ2n) is 2.36. The van der Waals surface area contributed by atoms with Gasteiger partial charge >= 0.3 is 0 Å². The molecule has 0 saturated carbocycles. The van der Waals surface area contributed by atoms with Crippen LogP contribution in [-0.2, 0) is 10.2 Å². The highest BCUT2D eigenvalue weighted by molar-refractivity contribution is 7.86. The summed E-state index contributed by atoms with van der Waals surface area (Å²) in [5.74, 6) is 0. The van der Waals surface area contributed by atoms with E-state index in [2.05, 4.69) is 0 Å². The third kappa shape index (κ3) is 1.16. The third-order valence-electron chi connectivity index (χ3n) is 1.56. The number of hydrogen-bond acceptors (Lipinski definition) is 2. The molecule has 1 aliphatic heterocycles. The lowest BCUT2D eigenvalue weighted by molar-refractivity contribution is 0.378. The van der Waals surface area contributed by atoms with Crippen molar-refractivity contribution in [3.8, 4) is 0 Å². The zero-order valence-electron chi connectivity index (χ0n) is 6.11. The fourth-order valence-electron chi connectivity index (χ4n) is 0.848. The summed E-state index contributed by atoms with van der Waals surface area (Å²) < 4.78 is 24.9. The van der Waals surface area contributed by atoms with Gasteiger partial charge in [-0.2, -0.15) is 17.0 Å². The van der Waals surface area contributed by atoms with Crippen LogP contribution in [0.2, 0.25) is 0 Å². The predicted molar refractivity (Wildman–Crippen MR) is 38.5 cm³/mol. The molecule has 0 atom stereocenters. The summed E-state index contributed by atoms with van der Waals surface area (Å²) in [6, 6.07) is 0. The zero-order valence-corrected chi connectivity index (χ0v) is 6.93. The van der Waals surface area contributed by atoms with Crippen LogP contribution in [0.1, 0.15) is 0 Å². The second-order valence-corrected chi connectivity index (χ2v) is 4.50. The standard InChI is InChI=1S/C5H11N2O2S/c1-6-4-3-5-7(2)10(6,8)9/h3H,4-5H2,1-2H3. The topological polar surface area (TPSA) is 40.6 Å². The van der Waals surface area contributed by atoms with Crippen molar-refractivity contribution in [2.24, 2.45) is 0 Å². The maximum Gasteiger partial charge on any atom is 0.281 e. The molecule has 1 rings (SSSR count). The van der Waals surface area contributed by atoms with Crippen LogP contribution in [0.15, 0.2) is 0 Å². The lowest BCUT2D eigenvalue weighted by Crippen LogP contribution is -2.45. The molecule has 4 nitrogen and oxygen atoms in total. The average Bonchev–Trinajstić information content (AvgIpc) is 1.84. The first-order chi connectivity index (χ1) is 4.55. The summed E-state index contributed by atoms with van der Waals surface area (Å²) >= 11 is 0. The fraction of sp³-hybridized carbons (Fsp3) is 0.800. The van der Waals surface area contributed by atoms with E-state index in [0.717, 1.165) is 0 Å². The highest BCUT2D eigenvalue weighted by atomic mass is 32.2. The van der Waals surface area contributed by atoms with Crippen LogP contribution >= 0.6 is 0 Å². The van der Waals surface area contributed by atoms with Gasteiger partial charge in [-0.1, -0.05) is 0 Å². The van der Waals surface area contributed by atoms with E-state index in [9.17, 15) is 8.42 Å². The minimum atomic E-state index is -3.10. The van der Waals surface area contributed by atoms with Gasteiger partial charge in [0.15, 0.2) is 0 Å². The first-order valence-electron chi connectivity index (χ1n) is 3.04. The predicted octanol–water partition coefficient (Wildman–Crippen LogP) is -0.687. The minimum absolute atomic E-state index is 0.521. The molecule has 1 saturated heterocycles. The van der Waals surface area contributed by atoms with E-state index >= 15 is 0 Å². The zero-order chi connectivity index (χ0) is 7.78. The maximum absolute atomic E-state index is 11.1. The number of nitrogens with zero attached hydrogens (tertiary/aromatic N) is 2. The molecule has 0 amide bonds. The van der Waals surface area contributed by atoms with E-state index in [1.165, 1.54) is 8.61 Å². The fourth-order valence-corrected chi connectivity index (χ4v) is 1.91. The normalized spacial score (nSPS) is 28.6. The molecule has 1 radical (unpaired) electrons. The summed E-state index contributed by atoms with van der Waals surface area (Å²) in [6.07, 6.45) is 1.92. The molecular weight excluding hydrogens is 152 g/mol. The Kier molecular flexibility index (Phi) is 1.98. The largest absolute Gasteiger partial charge is 0.281 e. The van der Waals surface area contributed by atoms with Crippen LogP contribution in [0.4, 0.5) is 0 Å². The maximum atomic E-state index is 11.1. The molecule has 59 valence electrons. The van der Waals surface area contributed by atoms with Crippen LogP contribution in [-0.4, -0.2) is 44.2 Å². The van der Waals surface area contributed by atoms with E-state index in [1.807, 2.05) is 6.42 Å². The van der Waals surface area contributed by atoms with Crippen molar-refractivity contribution < 1.29 is 8.42 Å². The van der Waals surface area contributed by atoms with E-state index in [-0.39, 0.29) is 0 Å². The monoisotopic (exact) mass is 163 g/mol. The third-order valence-corrected chi connectivity index (χ3v) is 3.43. The van der Waals surface area contributed by atoms with E-state index in [1.54, 1.807) is 14.1 Å². The van der Waals surface area contributed by atoms with Crippen LogP contribution < -0.4 is 0 Å². The van der Waals surface area contributed by atoms with Crippen molar-refractivity contribution in [3.63, 3.8) is 0 Å². The van der Waals surface area contributed by atoms with Crippen LogP contribution in [0.25, 0.3) is 0 Å². The first-order valence-corrected chi connectivity index (χ1v) is 4.44. The van der Waals surface area contributed by atoms with Gasteiger partial charge in [0, 0.05) is 27.2 Å². The molecule has 10 heavy (non-hydrogen) atoms. The smallest absolute Gasteiger partial charge is 0.195 e. The van der Waals surface area contributed by atoms with E-state index in [0.29, 0.717) is 13.1 Å². The van der Waals surface area contributed by atoms with Crippen molar-refractivity contribution >= 4 is 10.2 Å². The molecule has 0 aliphatic carbocycles. The van der Waals surface area contributed by atoms with Crippen LogP contribution in [0.5, 0.6) is 0 Å². The van der Waals surface area contributed by atoms with Gasteiger partial charge in [-0.15, -0.1) is 0 Å². The quantitative estimate of drug-likeness (QED) is 0.474. The van der Waals surface area contributed by atoms with Gasteiger partial charge in [0.2, 0.25) is 0 Å². The SMILES string of the molecule is CN1C[CH]CN(C)S1(=O)=O. The summed E-state index contributed by atoms with van der Waals surface area (Å²) in [5, 5.41) is 0. The summed E-state index contributed by atoms with van der Waals surface area (Å²) in [4.78, 5) is 0. The lowest BCUT2D eigenvalue weighted by Gasteiger charge is -2.28. The van der Waals surface area contributed by atoms with E-state index < -0.39 is 10.2 Å². The second kappa shape index (κ2) is 2.48. The lowest BCUT2D eigenvalue weighted by atomic mass is 10.4. The Morgan fingerprint density at radius 2 is 1.60 bits per heavy atom. The van der Waals surface area contributed by atoms with Crippen molar-refractivity contribution in [2.45, 2.75) is 0 Å². The van der Waals surface area contributed by atoms with Crippen molar-refractivity contribution in [1.82, 2.24) is 8.61 Å². The molecule has 5 heteroatoms. The van der Waals surface area contributed by atoms with Gasteiger partial charge in [0.25, 0.3) is 10.2 Å². The Hall–Kier alpha value is -0.130. The highest BCUT2D eigenvalue weighted by Crippen LogP contribution is 2.09. The molecule has 0 aromatic rings. The van der Waals surface area contributed by atoms with Gasteiger partial charge < -0.3 is 0 Å². The summed E-state index contributed by atoms with van der Waals surface area (Å²) in [7, 11) is 0.0371. The molecule has 0 N–H and O–H groups in total. The number of rotatable bonds is 0. The first kappa shape index (κ1) is 7.97. The number of hydrogen-bond donors (Lipinski definition) is 0. The van der Waals surface area contributed by atoms with Crippen molar-refractivity contribution in [1.29, 1.82) is 0 Å². The Labute approximate surface area is 61.6 Å². The van der Waals surface area contributed by atoms with Gasteiger partial charge in [0.1, 0.15) is 0 Å². The summed E-state index contributed by atoms with van der Waals surface area (Å²) in [5.41, 5.74) is 0. The molecule has 0 spiro atoms. The Morgan fingerprint density at radius 3 is 1.90 bits per heavy atom. The van der Waals surface area contributed by atoms with Crippen molar-refractivity contribution in [3.05, 3.63) is 6.42 Å². The van der Waals surface area contributed by atoms with Gasteiger partial charge in [-0.25, -0.2) is 0 Å². The molecule has 0 unspecified atom stereocenters. The molecule has 0 bridgehead atoms. The van der Waals surface area contributed by atoms with Gasteiger partial charge in [-0.3, -0.25) is 0 Å². The molecule has 1 fully saturated rings. The van der Waals surface area contributed by atoms with Gasteiger partial charge in [-0.05, 0) is 6.42 Å². The molecule has 0 aromatic carbocycles. The van der Waals surface area contributed by atoms with Gasteiger partial charge in [0.05, 0.1) is 0 Å². The Bertz CT molecular complexity index is 196. The van der Waals surface area contributed by atoms with Crippen molar-refractivity contribution in [2.75, 3.05) is 27.2 Å². The van der Waals surface area contributed by atoms with Crippen LogP contribution in [0, 0.1) is 6.42 Å². The highest BCUT2D eigenvalue weighted by Gasteiger charge is 2.27. The van der Waals surface area contributed by atoms with Crippen LogP contribution in [0.3, 0.4) is 0 Å². The minimum Gasteiger partial charge on any atom is -0.195 e.